The zero-order valence-corrected chi connectivity index (χ0v) is 14.4. The largest absolute Gasteiger partial charge is 0.504 e. The van der Waals surface area contributed by atoms with E-state index in [-0.39, 0.29) is 17.4 Å². The highest BCUT2D eigenvalue weighted by Gasteiger charge is 2.05. The Labute approximate surface area is 156 Å². The van der Waals surface area contributed by atoms with Crippen molar-refractivity contribution in [3.63, 3.8) is 0 Å². The van der Waals surface area contributed by atoms with Crippen LogP contribution in [0.25, 0.3) is 0 Å². The van der Waals surface area contributed by atoms with Crippen molar-refractivity contribution in [1.82, 2.24) is 5.43 Å². The maximum Gasteiger partial charge on any atom is 0.271 e. The summed E-state index contributed by atoms with van der Waals surface area (Å²) in [6.07, 6.45) is 1.37. The van der Waals surface area contributed by atoms with Gasteiger partial charge in [0.25, 0.3) is 5.91 Å². The van der Waals surface area contributed by atoms with E-state index in [0.29, 0.717) is 17.7 Å². The highest BCUT2D eigenvalue weighted by Crippen LogP contribution is 2.23. The zero-order chi connectivity index (χ0) is 19.1. The predicted molar refractivity (Wildman–Crippen MR) is 102 cm³/mol. The molecule has 0 bridgehead atoms. The molecule has 0 aliphatic heterocycles. The number of hydrogen-bond acceptors (Lipinski definition) is 5. The molecule has 0 spiro atoms. The third-order valence-electron chi connectivity index (χ3n) is 3.74. The third-order valence-corrected chi connectivity index (χ3v) is 3.74. The first-order valence-corrected chi connectivity index (χ1v) is 8.24. The van der Waals surface area contributed by atoms with Gasteiger partial charge in [-0.3, -0.25) is 4.79 Å². The molecule has 136 valence electrons. The summed E-state index contributed by atoms with van der Waals surface area (Å²) < 4.78 is 5.66. The van der Waals surface area contributed by atoms with E-state index in [0.717, 1.165) is 11.3 Å². The van der Waals surface area contributed by atoms with E-state index in [9.17, 15) is 15.0 Å². The number of phenols is 2. The molecule has 3 aromatic carbocycles. The maximum atomic E-state index is 12.1. The second-order valence-corrected chi connectivity index (χ2v) is 5.75. The first-order valence-electron chi connectivity index (χ1n) is 8.24. The number of carbonyl (C=O) groups excluding carboxylic acids is 1. The van der Waals surface area contributed by atoms with Gasteiger partial charge in [-0.25, -0.2) is 5.43 Å². The number of hydrazone groups is 1. The number of phenolic OH excluding ortho intramolecular Hbond substituents is 2. The molecule has 3 rings (SSSR count). The highest BCUT2D eigenvalue weighted by atomic mass is 16.5. The lowest BCUT2D eigenvalue weighted by Crippen LogP contribution is -2.17. The zero-order valence-electron chi connectivity index (χ0n) is 14.4. The number of rotatable bonds is 6. The van der Waals surface area contributed by atoms with Gasteiger partial charge in [0.1, 0.15) is 12.4 Å². The lowest BCUT2D eigenvalue weighted by Gasteiger charge is -2.06. The van der Waals surface area contributed by atoms with Crippen LogP contribution in [0.4, 0.5) is 0 Å². The summed E-state index contributed by atoms with van der Waals surface area (Å²) in [5.41, 5.74) is 4.36. The molecular formula is C21H18N2O4. The Hall–Kier alpha value is -3.80. The molecule has 0 aliphatic carbocycles. The molecule has 3 aromatic rings. The van der Waals surface area contributed by atoms with Crippen molar-refractivity contribution in [2.75, 3.05) is 0 Å². The van der Waals surface area contributed by atoms with E-state index in [1.165, 1.54) is 18.3 Å². The molecule has 0 aromatic heterocycles. The van der Waals surface area contributed by atoms with Gasteiger partial charge >= 0.3 is 0 Å². The summed E-state index contributed by atoms with van der Waals surface area (Å²) in [6, 6.07) is 20.8. The summed E-state index contributed by atoms with van der Waals surface area (Å²) in [5, 5.41) is 22.5. The fourth-order valence-corrected chi connectivity index (χ4v) is 2.29. The molecule has 0 radical (unpaired) electrons. The first-order chi connectivity index (χ1) is 13.1. The van der Waals surface area contributed by atoms with Crippen LogP contribution in [-0.4, -0.2) is 22.3 Å². The lowest BCUT2D eigenvalue weighted by molar-refractivity contribution is 0.0955. The normalized spacial score (nSPS) is 10.7. The smallest absolute Gasteiger partial charge is 0.271 e. The van der Waals surface area contributed by atoms with E-state index < -0.39 is 0 Å². The summed E-state index contributed by atoms with van der Waals surface area (Å²) in [4.78, 5) is 12.1. The minimum Gasteiger partial charge on any atom is -0.504 e. The van der Waals surface area contributed by atoms with Gasteiger partial charge in [-0.2, -0.15) is 5.10 Å². The van der Waals surface area contributed by atoms with Crippen molar-refractivity contribution in [1.29, 1.82) is 0 Å². The summed E-state index contributed by atoms with van der Waals surface area (Å²) >= 11 is 0. The minimum absolute atomic E-state index is 0.215. The number of hydrogen-bond donors (Lipinski definition) is 3. The Balaban J connectivity index is 1.54. The molecule has 0 unspecified atom stereocenters. The minimum atomic E-state index is -0.357. The number of carbonyl (C=O) groups is 1. The van der Waals surface area contributed by atoms with Crippen LogP contribution in [0, 0.1) is 0 Å². The predicted octanol–water partition coefficient (Wildman–Crippen LogP) is 3.44. The summed E-state index contributed by atoms with van der Waals surface area (Å²) in [7, 11) is 0. The number of nitrogens with zero attached hydrogens (tertiary/aromatic N) is 1. The Bertz CT molecular complexity index is 938. The SMILES string of the molecule is O=C(N/N=C/c1ccc(O)c(O)c1)c1ccc(COc2ccccc2)cc1. The van der Waals surface area contributed by atoms with Crippen LogP contribution in [0.3, 0.4) is 0 Å². The molecule has 0 aliphatic rings. The number of aromatic hydroxyl groups is 2. The van der Waals surface area contributed by atoms with Crippen LogP contribution in [0.2, 0.25) is 0 Å². The van der Waals surface area contributed by atoms with Gasteiger partial charge in [-0.05, 0) is 53.6 Å². The Morgan fingerprint density at radius 1 is 0.963 bits per heavy atom. The van der Waals surface area contributed by atoms with Gasteiger partial charge in [-0.1, -0.05) is 30.3 Å². The van der Waals surface area contributed by atoms with Crippen molar-refractivity contribution in [3.8, 4) is 17.2 Å². The van der Waals surface area contributed by atoms with E-state index in [1.807, 2.05) is 42.5 Å². The van der Waals surface area contributed by atoms with Crippen molar-refractivity contribution >= 4 is 12.1 Å². The van der Waals surface area contributed by atoms with E-state index >= 15 is 0 Å². The monoisotopic (exact) mass is 362 g/mol. The second kappa shape index (κ2) is 8.53. The Kier molecular flexibility index (Phi) is 5.69. The van der Waals surface area contributed by atoms with Gasteiger partial charge in [0.2, 0.25) is 0 Å². The van der Waals surface area contributed by atoms with Crippen molar-refractivity contribution in [2.24, 2.45) is 5.10 Å². The van der Waals surface area contributed by atoms with Gasteiger partial charge < -0.3 is 14.9 Å². The fourth-order valence-electron chi connectivity index (χ4n) is 2.29. The molecule has 0 saturated carbocycles. The molecule has 0 heterocycles. The Morgan fingerprint density at radius 3 is 2.41 bits per heavy atom. The van der Waals surface area contributed by atoms with Gasteiger partial charge in [-0.15, -0.1) is 0 Å². The molecule has 0 saturated heterocycles. The maximum absolute atomic E-state index is 12.1. The Morgan fingerprint density at radius 2 is 1.70 bits per heavy atom. The summed E-state index contributed by atoms with van der Waals surface area (Å²) in [5.74, 6) is -0.0372. The average molecular weight is 362 g/mol. The standard InChI is InChI=1S/C21H18N2O4/c24-19-11-8-16(12-20(19)25)13-22-23-21(26)17-9-6-15(7-10-17)14-27-18-4-2-1-3-5-18/h1-13,24-25H,14H2,(H,23,26)/b22-13+. The number of nitrogens with one attached hydrogen (secondary N) is 1. The van der Waals surface area contributed by atoms with Crippen molar-refractivity contribution in [3.05, 3.63) is 89.5 Å². The molecule has 6 nitrogen and oxygen atoms in total. The topological polar surface area (TPSA) is 91.2 Å². The fraction of sp³-hybridized carbons (Fsp3) is 0.0476. The van der Waals surface area contributed by atoms with Crippen LogP contribution >= 0.6 is 0 Å². The van der Waals surface area contributed by atoms with Crippen LogP contribution in [0.5, 0.6) is 17.2 Å². The number of benzene rings is 3. The molecular weight excluding hydrogens is 344 g/mol. The lowest BCUT2D eigenvalue weighted by atomic mass is 10.1. The van der Waals surface area contributed by atoms with Crippen molar-refractivity contribution in [2.45, 2.75) is 6.61 Å². The molecule has 6 heteroatoms. The van der Waals surface area contributed by atoms with Crippen LogP contribution < -0.4 is 10.2 Å². The number of ether oxygens (including phenoxy) is 1. The van der Waals surface area contributed by atoms with Crippen LogP contribution in [0.15, 0.2) is 77.9 Å². The van der Waals surface area contributed by atoms with E-state index in [1.54, 1.807) is 18.2 Å². The highest BCUT2D eigenvalue weighted by molar-refractivity contribution is 5.94. The quantitative estimate of drug-likeness (QED) is 0.356. The third kappa shape index (κ3) is 5.09. The van der Waals surface area contributed by atoms with E-state index in [4.69, 9.17) is 4.74 Å². The van der Waals surface area contributed by atoms with Gasteiger partial charge in [0.15, 0.2) is 11.5 Å². The summed E-state index contributed by atoms with van der Waals surface area (Å²) in [6.45, 7) is 0.411. The number of para-hydroxylation sites is 1. The molecule has 0 fully saturated rings. The number of amides is 1. The van der Waals surface area contributed by atoms with E-state index in [2.05, 4.69) is 10.5 Å². The molecule has 1 amide bonds. The van der Waals surface area contributed by atoms with Crippen LogP contribution in [-0.2, 0) is 6.61 Å². The first kappa shape index (κ1) is 18.0. The van der Waals surface area contributed by atoms with Crippen molar-refractivity contribution < 1.29 is 19.7 Å². The second-order valence-electron chi connectivity index (χ2n) is 5.75. The molecule has 27 heavy (non-hydrogen) atoms. The molecule has 3 N–H and O–H groups in total. The average Bonchev–Trinajstić information content (AvgIpc) is 2.70. The van der Waals surface area contributed by atoms with Crippen LogP contribution in [0.1, 0.15) is 21.5 Å². The van der Waals surface area contributed by atoms with Gasteiger partial charge in [0, 0.05) is 5.56 Å². The van der Waals surface area contributed by atoms with Gasteiger partial charge in [0.05, 0.1) is 6.21 Å². The molecule has 0 atom stereocenters.